The summed E-state index contributed by atoms with van der Waals surface area (Å²) in [6.45, 7) is 2.19. The summed E-state index contributed by atoms with van der Waals surface area (Å²) < 4.78 is 28.6. The lowest BCUT2D eigenvalue weighted by Crippen LogP contribution is -2.22. The Kier molecular flexibility index (Phi) is 9.26. The van der Waals surface area contributed by atoms with Crippen molar-refractivity contribution in [1.29, 1.82) is 5.26 Å². The molecule has 1 aliphatic rings. The van der Waals surface area contributed by atoms with Crippen LogP contribution in [0.3, 0.4) is 0 Å². The van der Waals surface area contributed by atoms with Gasteiger partial charge >= 0.3 is 5.97 Å². The van der Waals surface area contributed by atoms with Gasteiger partial charge in [-0.3, -0.25) is 0 Å². The third-order valence-corrected chi connectivity index (χ3v) is 7.12. The molecule has 0 bridgehead atoms. The van der Waals surface area contributed by atoms with Gasteiger partial charge in [0, 0.05) is 27.2 Å². The van der Waals surface area contributed by atoms with E-state index in [0.717, 1.165) is 11.1 Å². The van der Waals surface area contributed by atoms with Crippen LogP contribution in [0.5, 0.6) is 28.7 Å². The van der Waals surface area contributed by atoms with Crippen molar-refractivity contribution in [2.45, 2.75) is 19.4 Å². The van der Waals surface area contributed by atoms with Crippen molar-refractivity contribution in [3.8, 4) is 34.8 Å². The number of fused-ring (bicyclic) bond motifs is 1. The first-order valence-corrected chi connectivity index (χ1v) is 14.1. The molecular weight excluding hydrogens is 591 g/mol. The summed E-state index contributed by atoms with van der Waals surface area (Å²) in [7, 11) is 0. The normalized spacial score (nSPS) is 13.8. The van der Waals surface area contributed by atoms with E-state index in [1.54, 1.807) is 54.6 Å². The van der Waals surface area contributed by atoms with Gasteiger partial charge < -0.3 is 29.4 Å². The number of hydrogen-bond donors (Lipinski definition) is 1. The number of nitriles is 1. The number of carbonyl (C=O) groups is 1. The van der Waals surface area contributed by atoms with Gasteiger partial charge in [-0.05, 0) is 55.0 Å². The van der Waals surface area contributed by atoms with E-state index in [-0.39, 0.29) is 30.4 Å². The smallest absolute Gasteiger partial charge is 0.349 e. The first-order chi connectivity index (χ1) is 20.9. The highest BCUT2D eigenvalue weighted by Gasteiger charge is 2.32. The highest BCUT2D eigenvalue weighted by molar-refractivity contribution is 6.31. The zero-order valence-electron chi connectivity index (χ0n) is 23.0. The number of rotatable bonds is 10. The fraction of sp³-hybridized carbons (Fsp3) is 0.152. The largest absolute Gasteiger partial charge is 0.490 e. The summed E-state index contributed by atoms with van der Waals surface area (Å²) in [6.07, 6.45) is 0. The summed E-state index contributed by atoms with van der Waals surface area (Å²) in [4.78, 5) is 12.4. The van der Waals surface area contributed by atoms with Gasteiger partial charge in [0.05, 0.1) is 12.5 Å². The number of ether oxygens (including phenoxy) is 5. The molecule has 1 unspecified atom stereocenters. The second kappa shape index (κ2) is 13.4. The van der Waals surface area contributed by atoms with Gasteiger partial charge in [0.25, 0.3) is 0 Å². The van der Waals surface area contributed by atoms with E-state index >= 15 is 0 Å². The molecule has 0 aliphatic carbocycles. The molecule has 0 saturated carbocycles. The number of esters is 1. The maximum absolute atomic E-state index is 12.4. The van der Waals surface area contributed by atoms with Crippen molar-refractivity contribution in [1.82, 2.24) is 0 Å². The molecule has 0 fully saturated rings. The number of halogens is 2. The number of benzene rings is 4. The number of nitrogens with zero attached hydrogens (tertiary/aromatic N) is 1. The molecule has 4 aromatic rings. The van der Waals surface area contributed by atoms with Crippen molar-refractivity contribution in [3.05, 3.63) is 123 Å². The number of nitrogens with two attached hydrogens (primary N) is 1. The molecule has 8 nitrogen and oxygen atoms in total. The minimum atomic E-state index is -0.623. The van der Waals surface area contributed by atoms with Crippen LogP contribution >= 0.6 is 23.2 Å². The van der Waals surface area contributed by atoms with Crippen molar-refractivity contribution in [2.75, 3.05) is 13.2 Å². The summed E-state index contributed by atoms with van der Waals surface area (Å²) in [5, 5.41) is 11.1. The summed E-state index contributed by atoms with van der Waals surface area (Å²) >= 11 is 12.2. The van der Waals surface area contributed by atoms with E-state index in [1.807, 2.05) is 37.3 Å². The topological polar surface area (TPSA) is 113 Å². The fourth-order valence-electron chi connectivity index (χ4n) is 4.56. The van der Waals surface area contributed by atoms with Gasteiger partial charge in [-0.2, -0.15) is 5.26 Å². The van der Waals surface area contributed by atoms with Gasteiger partial charge in [-0.15, -0.1) is 0 Å². The number of hydrogen-bond acceptors (Lipinski definition) is 8. The molecule has 0 amide bonds. The van der Waals surface area contributed by atoms with E-state index in [0.29, 0.717) is 45.2 Å². The second-order valence-corrected chi connectivity index (χ2v) is 10.2. The van der Waals surface area contributed by atoms with Crippen LogP contribution in [0.4, 0.5) is 0 Å². The lowest BCUT2D eigenvalue weighted by molar-refractivity contribution is -0.136. The Bertz CT molecular complexity index is 1730. The summed E-state index contributed by atoms with van der Waals surface area (Å²) in [6, 6.07) is 26.6. The molecule has 2 N–H and O–H groups in total. The van der Waals surface area contributed by atoms with Gasteiger partial charge in [0.2, 0.25) is 5.88 Å². The molecule has 1 aliphatic heterocycles. The zero-order chi connectivity index (χ0) is 30.3. The molecule has 5 rings (SSSR count). The first-order valence-electron chi connectivity index (χ1n) is 13.3. The highest BCUT2D eigenvalue weighted by Crippen LogP contribution is 2.45. The Balaban J connectivity index is 1.38. The van der Waals surface area contributed by atoms with Gasteiger partial charge in [0.1, 0.15) is 35.5 Å². The van der Waals surface area contributed by atoms with E-state index in [2.05, 4.69) is 6.07 Å². The SMILES string of the molecule is CCOc1cc(C2C(C#N)=C(N)Oc3cc(OC(=O)COc4cccc(Cl)c4)ccc32)ccc1OCc1ccccc1Cl. The molecule has 1 atom stereocenters. The van der Waals surface area contributed by atoms with Gasteiger partial charge in [-0.1, -0.05) is 59.6 Å². The van der Waals surface area contributed by atoms with Crippen molar-refractivity contribution >= 4 is 29.2 Å². The third-order valence-electron chi connectivity index (χ3n) is 6.52. The van der Waals surface area contributed by atoms with Crippen molar-refractivity contribution in [3.63, 3.8) is 0 Å². The van der Waals surface area contributed by atoms with Crippen LogP contribution in [0.15, 0.2) is 96.4 Å². The number of carbonyl (C=O) groups excluding carboxylic acids is 1. The van der Waals surface area contributed by atoms with Crippen LogP contribution in [-0.4, -0.2) is 19.2 Å². The molecule has 10 heteroatoms. The minimum Gasteiger partial charge on any atom is -0.490 e. The molecule has 0 saturated heterocycles. The van der Waals surface area contributed by atoms with E-state index in [1.165, 1.54) is 0 Å². The van der Waals surface area contributed by atoms with E-state index in [9.17, 15) is 10.1 Å². The Morgan fingerprint density at radius 1 is 0.930 bits per heavy atom. The van der Waals surface area contributed by atoms with Crippen LogP contribution in [0.25, 0.3) is 0 Å². The fourth-order valence-corrected chi connectivity index (χ4v) is 4.94. The Labute approximate surface area is 258 Å². The molecule has 0 spiro atoms. The monoisotopic (exact) mass is 616 g/mol. The maximum Gasteiger partial charge on any atom is 0.349 e. The molecule has 1 heterocycles. The predicted molar refractivity (Wildman–Crippen MR) is 162 cm³/mol. The Morgan fingerprint density at radius 2 is 1.77 bits per heavy atom. The average Bonchev–Trinajstić information content (AvgIpc) is 2.99. The molecular formula is C33H26Cl2N2O6. The van der Waals surface area contributed by atoms with Crippen LogP contribution < -0.4 is 29.4 Å². The highest BCUT2D eigenvalue weighted by atomic mass is 35.5. The average molecular weight is 617 g/mol. The lowest BCUT2D eigenvalue weighted by Gasteiger charge is -2.27. The molecule has 43 heavy (non-hydrogen) atoms. The summed E-state index contributed by atoms with van der Waals surface area (Å²) in [5.41, 5.74) is 8.65. The Hall–Kier alpha value is -4.84. The zero-order valence-corrected chi connectivity index (χ0v) is 24.5. The molecule has 0 radical (unpaired) electrons. The minimum absolute atomic E-state index is 0.0511. The first kappa shape index (κ1) is 29.6. The maximum atomic E-state index is 12.4. The van der Waals surface area contributed by atoms with Gasteiger partial charge in [0.15, 0.2) is 18.1 Å². The van der Waals surface area contributed by atoms with Crippen molar-refractivity contribution < 1.29 is 28.5 Å². The standard InChI is InChI=1S/C33H26Cl2N2O6/c1-2-39-30-14-20(10-13-28(30)41-18-21-6-3-4-9-27(21)35)32-25-12-11-24(16-29(25)43-33(37)26(32)17-36)42-31(38)19-40-23-8-5-7-22(34)15-23/h3-16,32H,2,18-19,37H2,1H3. The van der Waals surface area contributed by atoms with Crippen molar-refractivity contribution in [2.24, 2.45) is 5.73 Å². The molecule has 218 valence electrons. The Morgan fingerprint density at radius 3 is 2.53 bits per heavy atom. The van der Waals surface area contributed by atoms with E-state index < -0.39 is 11.9 Å². The molecule has 0 aromatic heterocycles. The van der Waals surface area contributed by atoms with Crippen LogP contribution in [0.2, 0.25) is 10.0 Å². The van der Waals surface area contributed by atoms with Crippen LogP contribution in [0, 0.1) is 11.3 Å². The lowest BCUT2D eigenvalue weighted by atomic mass is 9.83. The van der Waals surface area contributed by atoms with Gasteiger partial charge in [-0.25, -0.2) is 4.79 Å². The van der Waals surface area contributed by atoms with E-state index in [4.69, 9.17) is 52.6 Å². The van der Waals surface area contributed by atoms with Crippen LogP contribution in [0.1, 0.15) is 29.5 Å². The third kappa shape index (κ3) is 6.97. The predicted octanol–water partition coefficient (Wildman–Crippen LogP) is 7.17. The van der Waals surface area contributed by atoms with Crippen LogP contribution in [-0.2, 0) is 11.4 Å². The second-order valence-electron chi connectivity index (χ2n) is 9.36. The quantitative estimate of drug-likeness (QED) is 0.147. The summed E-state index contributed by atoms with van der Waals surface area (Å²) in [5.74, 6) is 0.795. The molecule has 4 aromatic carbocycles. The number of allylic oxidation sites excluding steroid dienone is 1.